The molecule has 29 heavy (non-hydrogen) atoms. The second-order valence-electron chi connectivity index (χ2n) is 7.03. The maximum absolute atomic E-state index is 13.2. The fourth-order valence-electron chi connectivity index (χ4n) is 3.12. The van der Waals surface area contributed by atoms with Gasteiger partial charge in [0.15, 0.2) is 0 Å². The highest BCUT2D eigenvalue weighted by molar-refractivity contribution is 7.16. The van der Waals surface area contributed by atoms with Crippen LogP contribution in [0.4, 0.5) is 29.9 Å². The van der Waals surface area contributed by atoms with Crippen molar-refractivity contribution in [3.63, 3.8) is 0 Å². The fraction of sp³-hybridized carbons (Fsp3) is 0.556. The van der Waals surface area contributed by atoms with Crippen LogP contribution in [0.5, 0.6) is 0 Å². The van der Waals surface area contributed by atoms with Crippen LogP contribution in [0.2, 0.25) is 0 Å². The number of alkyl halides is 3. The third kappa shape index (κ3) is 3.75. The van der Waals surface area contributed by atoms with E-state index in [2.05, 4.69) is 30.9 Å². The summed E-state index contributed by atoms with van der Waals surface area (Å²) >= 11 is 1.01. The normalized spacial score (nSPS) is 23.9. The lowest BCUT2D eigenvalue weighted by atomic mass is 9.90. The number of nitrogens with zero attached hydrogens (tertiary/aromatic N) is 3. The molecule has 2 aromatic rings. The summed E-state index contributed by atoms with van der Waals surface area (Å²) in [7, 11) is 0. The molecular formula is C18H21F3N6OS. The van der Waals surface area contributed by atoms with E-state index in [-0.39, 0.29) is 42.2 Å². The van der Waals surface area contributed by atoms with Gasteiger partial charge in [-0.05, 0) is 33.0 Å². The molecule has 2 fully saturated rings. The molecule has 1 aliphatic carbocycles. The van der Waals surface area contributed by atoms with Crippen LogP contribution in [0.15, 0.2) is 6.20 Å². The number of amides is 1. The van der Waals surface area contributed by atoms with Crippen LogP contribution in [0.1, 0.15) is 59.3 Å². The largest absolute Gasteiger partial charge is 0.421 e. The number of nitrogens with one attached hydrogen (secondary N) is 3. The summed E-state index contributed by atoms with van der Waals surface area (Å²) in [5.74, 6) is -0.946. The summed E-state index contributed by atoms with van der Waals surface area (Å²) < 4.78 is 63.7. The van der Waals surface area contributed by atoms with Crippen molar-refractivity contribution in [3.05, 3.63) is 22.5 Å². The molecule has 2 aromatic heterocycles. The molecule has 3 heterocycles. The lowest BCUT2D eigenvalue weighted by molar-refractivity contribution is -0.137. The minimum Gasteiger partial charge on any atom is -0.370 e. The Bertz CT molecular complexity index is 1040. The molecule has 4 rings (SSSR count). The molecule has 0 unspecified atom stereocenters. The fourth-order valence-corrected chi connectivity index (χ4v) is 4.29. The Labute approximate surface area is 173 Å². The van der Waals surface area contributed by atoms with E-state index >= 15 is 0 Å². The molecule has 1 atom stereocenters. The molecule has 7 nitrogen and oxygen atoms in total. The van der Waals surface area contributed by atoms with Crippen molar-refractivity contribution in [1.82, 2.24) is 20.3 Å². The number of anilines is 3. The Morgan fingerprint density at radius 1 is 1.41 bits per heavy atom. The SMILES string of the molecule is [2H]C([2H])([2H])[C@@]1(c2nc(C3CC3)c(Nc3ncc(C(F)(F)F)c(NCC)n3)s2)CCNC1=O. The molecule has 3 N–H and O–H groups in total. The van der Waals surface area contributed by atoms with Crippen LogP contribution in [-0.2, 0) is 16.4 Å². The molecule has 0 aromatic carbocycles. The van der Waals surface area contributed by atoms with Gasteiger partial charge in [0.25, 0.3) is 0 Å². The third-order valence-electron chi connectivity index (χ3n) is 4.82. The van der Waals surface area contributed by atoms with Gasteiger partial charge in [-0.1, -0.05) is 11.3 Å². The summed E-state index contributed by atoms with van der Waals surface area (Å²) in [6.45, 7) is -0.496. The van der Waals surface area contributed by atoms with Gasteiger partial charge in [-0.3, -0.25) is 4.79 Å². The van der Waals surface area contributed by atoms with E-state index in [0.29, 0.717) is 16.9 Å². The molecule has 1 amide bonds. The molecular weight excluding hydrogens is 405 g/mol. The zero-order valence-corrected chi connectivity index (χ0v) is 16.3. The molecule has 11 heteroatoms. The summed E-state index contributed by atoms with van der Waals surface area (Å²) in [6.07, 6.45) is -2.14. The summed E-state index contributed by atoms with van der Waals surface area (Å²) in [5, 5.41) is 8.69. The molecule has 1 aliphatic heterocycles. The van der Waals surface area contributed by atoms with Crippen molar-refractivity contribution >= 4 is 34.0 Å². The lowest BCUT2D eigenvalue weighted by Crippen LogP contribution is -2.32. The van der Waals surface area contributed by atoms with E-state index in [9.17, 15) is 18.0 Å². The Hall–Kier alpha value is -2.43. The third-order valence-corrected chi connectivity index (χ3v) is 5.97. The minimum atomic E-state index is -4.62. The van der Waals surface area contributed by atoms with Crippen molar-refractivity contribution in [3.8, 4) is 0 Å². The van der Waals surface area contributed by atoms with Crippen LogP contribution in [0.3, 0.4) is 0 Å². The van der Waals surface area contributed by atoms with Crippen LogP contribution >= 0.6 is 11.3 Å². The monoisotopic (exact) mass is 429 g/mol. The highest BCUT2D eigenvalue weighted by Gasteiger charge is 2.44. The standard InChI is InChI=1S/C18H21F3N6OS/c1-3-22-12-10(18(19,20)21)8-24-16(26-12)27-13-11(9-4-5-9)25-15(29-13)17(2)6-7-23-14(17)28/h8-9H,3-7H2,1-2H3,(H,23,28)(H2,22,24,26,27)/t17-/m1/s1/i2D3. The number of hydrogen-bond acceptors (Lipinski definition) is 7. The summed E-state index contributed by atoms with van der Waals surface area (Å²) in [5.41, 5.74) is -2.15. The summed E-state index contributed by atoms with van der Waals surface area (Å²) in [6, 6.07) is 0. The first kappa shape index (κ1) is 16.4. The lowest BCUT2D eigenvalue weighted by Gasteiger charge is -2.16. The highest BCUT2D eigenvalue weighted by Crippen LogP contribution is 2.48. The van der Waals surface area contributed by atoms with E-state index < -0.39 is 29.9 Å². The van der Waals surface area contributed by atoms with Gasteiger partial charge in [0.05, 0.1) is 11.1 Å². The van der Waals surface area contributed by atoms with Crippen LogP contribution in [-0.4, -0.2) is 33.9 Å². The van der Waals surface area contributed by atoms with Gasteiger partial charge in [-0.15, -0.1) is 0 Å². The van der Waals surface area contributed by atoms with E-state index in [1.165, 1.54) is 0 Å². The molecule has 2 aliphatic rings. The average molecular weight is 429 g/mol. The quantitative estimate of drug-likeness (QED) is 0.647. The maximum Gasteiger partial charge on any atom is 0.421 e. The van der Waals surface area contributed by atoms with Gasteiger partial charge < -0.3 is 16.0 Å². The number of carbonyl (C=O) groups excluding carboxylic acids is 1. The average Bonchev–Trinajstić information content (AvgIpc) is 3.32. The van der Waals surface area contributed by atoms with Gasteiger partial charge in [-0.2, -0.15) is 18.2 Å². The number of halogens is 3. The Balaban J connectivity index is 1.73. The first-order valence-corrected chi connectivity index (χ1v) is 10.0. The molecule has 156 valence electrons. The van der Waals surface area contributed by atoms with Gasteiger partial charge in [-0.25, -0.2) is 9.97 Å². The Morgan fingerprint density at radius 3 is 2.79 bits per heavy atom. The van der Waals surface area contributed by atoms with Crippen LogP contribution in [0, 0.1) is 0 Å². The van der Waals surface area contributed by atoms with Crippen molar-refractivity contribution < 1.29 is 22.1 Å². The predicted octanol–water partition coefficient (Wildman–Crippen LogP) is 3.78. The Kier molecular flexibility index (Phi) is 4.02. The van der Waals surface area contributed by atoms with Crippen LogP contribution in [0.25, 0.3) is 0 Å². The van der Waals surface area contributed by atoms with Crippen molar-refractivity contribution in [2.75, 3.05) is 23.7 Å². The van der Waals surface area contributed by atoms with Crippen LogP contribution < -0.4 is 16.0 Å². The first-order valence-electron chi connectivity index (χ1n) is 10.7. The van der Waals surface area contributed by atoms with Crippen molar-refractivity contribution in [1.29, 1.82) is 0 Å². The molecule has 0 spiro atoms. The van der Waals surface area contributed by atoms with Gasteiger partial charge in [0.2, 0.25) is 11.9 Å². The van der Waals surface area contributed by atoms with Crippen molar-refractivity contribution in [2.45, 2.75) is 50.5 Å². The highest BCUT2D eigenvalue weighted by atomic mass is 32.1. The maximum atomic E-state index is 13.2. The number of thiazole rings is 1. The second kappa shape index (κ2) is 7.12. The number of rotatable bonds is 6. The Morgan fingerprint density at radius 2 is 2.21 bits per heavy atom. The predicted molar refractivity (Wildman–Crippen MR) is 104 cm³/mol. The number of carbonyl (C=O) groups is 1. The number of aromatic nitrogens is 3. The zero-order chi connectivity index (χ0) is 23.3. The minimum absolute atomic E-state index is 0.0788. The van der Waals surface area contributed by atoms with E-state index in [1.807, 2.05) is 0 Å². The van der Waals surface area contributed by atoms with Gasteiger partial charge in [0, 0.05) is 29.3 Å². The molecule has 1 saturated carbocycles. The van der Waals surface area contributed by atoms with E-state index in [0.717, 1.165) is 24.2 Å². The van der Waals surface area contributed by atoms with E-state index in [1.54, 1.807) is 6.92 Å². The zero-order valence-electron chi connectivity index (χ0n) is 18.5. The molecule has 0 radical (unpaired) electrons. The van der Waals surface area contributed by atoms with Crippen molar-refractivity contribution in [2.24, 2.45) is 0 Å². The van der Waals surface area contributed by atoms with Gasteiger partial charge in [0.1, 0.15) is 21.4 Å². The molecule has 0 bridgehead atoms. The number of hydrogen-bond donors (Lipinski definition) is 3. The smallest absolute Gasteiger partial charge is 0.370 e. The second-order valence-corrected chi connectivity index (χ2v) is 8.03. The van der Waals surface area contributed by atoms with Gasteiger partial charge >= 0.3 is 6.18 Å². The summed E-state index contributed by atoms with van der Waals surface area (Å²) in [4.78, 5) is 24.9. The first-order chi connectivity index (χ1) is 15.0. The topological polar surface area (TPSA) is 91.8 Å². The molecule has 1 saturated heterocycles. The van der Waals surface area contributed by atoms with E-state index in [4.69, 9.17) is 4.11 Å².